The van der Waals surface area contributed by atoms with Gasteiger partial charge in [0.05, 0.1) is 11.0 Å². The van der Waals surface area contributed by atoms with Gasteiger partial charge in [-0.2, -0.15) is 0 Å². The average molecular weight is 412 g/mol. The molecule has 3 aromatic heterocycles. The van der Waals surface area contributed by atoms with Crippen LogP contribution in [0.1, 0.15) is 43.3 Å². The molecule has 0 aliphatic rings. The molecular formula is C25H25N5O. The highest BCUT2D eigenvalue weighted by molar-refractivity contribution is 6.05. The molecule has 0 aliphatic heterocycles. The Morgan fingerprint density at radius 2 is 1.55 bits per heavy atom. The van der Waals surface area contributed by atoms with Crippen LogP contribution >= 0.6 is 0 Å². The number of fused-ring (bicyclic) bond motifs is 4. The van der Waals surface area contributed by atoms with Gasteiger partial charge in [0.25, 0.3) is 5.56 Å². The number of para-hydroxylation sites is 2. The molecule has 0 saturated heterocycles. The van der Waals surface area contributed by atoms with Crippen molar-refractivity contribution in [2.24, 2.45) is 0 Å². The van der Waals surface area contributed by atoms with Crippen molar-refractivity contribution in [3.63, 3.8) is 0 Å². The SMILES string of the molecule is CCC(C)n1c(C)nc2c(c1=O)c1nc3ccccc3nc1n2-c1cc(C)cc(C)c1. The van der Waals surface area contributed by atoms with Crippen LogP contribution < -0.4 is 5.56 Å². The zero-order chi connectivity index (χ0) is 21.9. The van der Waals surface area contributed by atoms with E-state index in [4.69, 9.17) is 15.0 Å². The van der Waals surface area contributed by atoms with Gasteiger partial charge in [0.15, 0.2) is 11.3 Å². The number of nitrogens with zero attached hydrogens (tertiary/aromatic N) is 5. The maximum absolute atomic E-state index is 13.7. The van der Waals surface area contributed by atoms with E-state index in [1.165, 1.54) is 0 Å². The van der Waals surface area contributed by atoms with Gasteiger partial charge < -0.3 is 0 Å². The van der Waals surface area contributed by atoms with Gasteiger partial charge in [-0.1, -0.05) is 25.1 Å². The second-order valence-corrected chi connectivity index (χ2v) is 8.36. The molecule has 0 aliphatic carbocycles. The maximum atomic E-state index is 13.7. The van der Waals surface area contributed by atoms with Crippen LogP contribution in [0.3, 0.4) is 0 Å². The lowest BCUT2D eigenvalue weighted by Crippen LogP contribution is -2.26. The van der Waals surface area contributed by atoms with Crippen LogP contribution in [0.15, 0.2) is 47.3 Å². The van der Waals surface area contributed by atoms with E-state index < -0.39 is 0 Å². The van der Waals surface area contributed by atoms with Gasteiger partial charge in [-0.05, 0) is 69.5 Å². The normalized spacial score (nSPS) is 12.8. The van der Waals surface area contributed by atoms with Crippen LogP contribution in [0.5, 0.6) is 0 Å². The number of hydrogen-bond acceptors (Lipinski definition) is 4. The summed E-state index contributed by atoms with van der Waals surface area (Å²) in [6.45, 7) is 10.2. The van der Waals surface area contributed by atoms with Gasteiger partial charge in [0, 0.05) is 11.7 Å². The van der Waals surface area contributed by atoms with Gasteiger partial charge >= 0.3 is 0 Å². The molecule has 0 amide bonds. The minimum absolute atomic E-state index is 0.0532. The lowest BCUT2D eigenvalue weighted by molar-refractivity contribution is 0.497. The molecule has 1 atom stereocenters. The minimum Gasteiger partial charge on any atom is -0.293 e. The predicted molar refractivity (Wildman–Crippen MR) is 125 cm³/mol. The molecule has 0 spiro atoms. The number of hydrogen-bond donors (Lipinski definition) is 0. The highest BCUT2D eigenvalue weighted by Gasteiger charge is 2.23. The highest BCUT2D eigenvalue weighted by Crippen LogP contribution is 2.30. The Bertz CT molecular complexity index is 1520. The molecule has 31 heavy (non-hydrogen) atoms. The molecule has 156 valence electrons. The summed E-state index contributed by atoms with van der Waals surface area (Å²) < 4.78 is 3.77. The van der Waals surface area contributed by atoms with E-state index in [1.54, 1.807) is 4.57 Å². The molecule has 6 nitrogen and oxygen atoms in total. The molecule has 0 bridgehead atoms. The molecule has 2 aromatic carbocycles. The third kappa shape index (κ3) is 2.93. The number of rotatable bonds is 3. The maximum Gasteiger partial charge on any atom is 0.265 e. The van der Waals surface area contributed by atoms with E-state index in [1.807, 2.05) is 42.7 Å². The van der Waals surface area contributed by atoms with Crippen LogP contribution in [-0.2, 0) is 0 Å². The molecule has 5 rings (SSSR count). The topological polar surface area (TPSA) is 65.6 Å². The Kier molecular flexibility index (Phi) is 4.39. The Hall–Kier alpha value is -3.54. The second-order valence-electron chi connectivity index (χ2n) is 8.36. The third-order valence-corrected chi connectivity index (χ3v) is 5.98. The summed E-state index contributed by atoms with van der Waals surface area (Å²) in [6.07, 6.45) is 0.845. The van der Waals surface area contributed by atoms with Crippen molar-refractivity contribution in [2.45, 2.75) is 47.1 Å². The van der Waals surface area contributed by atoms with Crippen LogP contribution in [0.4, 0.5) is 0 Å². The van der Waals surface area contributed by atoms with Crippen molar-refractivity contribution >= 4 is 33.2 Å². The fourth-order valence-corrected chi connectivity index (χ4v) is 4.44. The van der Waals surface area contributed by atoms with Gasteiger partial charge in [-0.3, -0.25) is 13.9 Å². The van der Waals surface area contributed by atoms with Gasteiger partial charge in [0.1, 0.15) is 16.7 Å². The molecular weight excluding hydrogens is 386 g/mol. The summed E-state index contributed by atoms with van der Waals surface area (Å²) >= 11 is 0. The molecule has 0 fully saturated rings. The Morgan fingerprint density at radius 3 is 2.19 bits per heavy atom. The van der Waals surface area contributed by atoms with Crippen molar-refractivity contribution in [1.82, 2.24) is 24.1 Å². The Morgan fingerprint density at radius 1 is 0.903 bits per heavy atom. The quantitative estimate of drug-likeness (QED) is 0.410. The Balaban J connectivity index is 2.03. The smallest absolute Gasteiger partial charge is 0.265 e. The second kappa shape index (κ2) is 7.01. The first-order chi connectivity index (χ1) is 14.9. The van der Waals surface area contributed by atoms with E-state index >= 15 is 0 Å². The van der Waals surface area contributed by atoms with Crippen LogP contribution in [0, 0.1) is 20.8 Å². The standard InChI is InChI=1S/C25H25N5O/c1-6-16(4)29-17(5)26-23-21(25(29)31)22-24(28-20-10-8-7-9-19(20)27-22)30(23)18-12-14(2)11-15(3)13-18/h7-13,16H,6H2,1-5H3. The molecule has 3 heterocycles. The molecule has 0 N–H and O–H groups in total. The summed E-state index contributed by atoms with van der Waals surface area (Å²) in [5, 5.41) is 0.526. The van der Waals surface area contributed by atoms with Crippen molar-refractivity contribution in [3.05, 3.63) is 69.8 Å². The summed E-state index contributed by atoms with van der Waals surface area (Å²) in [5.41, 5.74) is 6.59. The van der Waals surface area contributed by atoms with Crippen molar-refractivity contribution in [2.75, 3.05) is 0 Å². The predicted octanol–water partition coefficient (Wildman–Crippen LogP) is 5.18. The van der Waals surface area contributed by atoms with Crippen molar-refractivity contribution < 1.29 is 0 Å². The molecule has 5 aromatic rings. The molecule has 0 saturated carbocycles. The van der Waals surface area contributed by atoms with Crippen molar-refractivity contribution in [1.29, 1.82) is 0 Å². The molecule has 6 heteroatoms. The number of benzene rings is 2. The summed E-state index contributed by atoms with van der Waals surface area (Å²) in [7, 11) is 0. The van der Waals surface area contributed by atoms with Gasteiger partial charge in [-0.15, -0.1) is 0 Å². The first-order valence-electron chi connectivity index (χ1n) is 10.7. The molecule has 0 radical (unpaired) electrons. The van der Waals surface area contributed by atoms with E-state index in [9.17, 15) is 4.79 Å². The molecule has 1 unspecified atom stereocenters. The fourth-order valence-electron chi connectivity index (χ4n) is 4.44. The fraction of sp³-hybridized carbons (Fsp3) is 0.280. The zero-order valence-electron chi connectivity index (χ0n) is 18.5. The largest absolute Gasteiger partial charge is 0.293 e. The first-order valence-corrected chi connectivity index (χ1v) is 10.7. The lowest BCUT2D eigenvalue weighted by Gasteiger charge is -2.16. The zero-order valence-corrected chi connectivity index (χ0v) is 18.5. The average Bonchev–Trinajstić information content (AvgIpc) is 3.04. The van der Waals surface area contributed by atoms with Gasteiger partial charge in [-0.25, -0.2) is 15.0 Å². The lowest BCUT2D eigenvalue weighted by atomic mass is 10.1. The summed E-state index contributed by atoms with van der Waals surface area (Å²) in [4.78, 5) is 28.4. The van der Waals surface area contributed by atoms with Crippen molar-refractivity contribution in [3.8, 4) is 5.69 Å². The summed E-state index contributed by atoms with van der Waals surface area (Å²) in [6, 6.07) is 14.1. The Labute approximate surface area is 180 Å². The first kappa shape index (κ1) is 19.4. The van der Waals surface area contributed by atoms with Crippen LogP contribution in [0.2, 0.25) is 0 Å². The monoisotopic (exact) mass is 411 g/mol. The van der Waals surface area contributed by atoms with E-state index in [-0.39, 0.29) is 11.6 Å². The van der Waals surface area contributed by atoms with E-state index in [0.29, 0.717) is 28.0 Å². The van der Waals surface area contributed by atoms with Crippen LogP contribution in [0.25, 0.3) is 38.9 Å². The van der Waals surface area contributed by atoms with Crippen LogP contribution in [-0.4, -0.2) is 24.1 Å². The minimum atomic E-state index is -0.0606. The number of aryl methyl sites for hydroxylation is 3. The third-order valence-electron chi connectivity index (χ3n) is 5.98. The van der Waals surface area contributed by atoms with Gasteiger partial charge in [0.2, 0.25) is 0 Å². The highest BCUT2D eigenvalue weighted by atomic mass is 16.1. The number of aromatic nitrogens is 5. The van der Waals surface area contributed by atoms with E-state index in [0.717, 1.165) is 34.3 Å². The van der Waals surface area contributed by atoms with E-state index in [2.05, 4.69) is 39.0 Å². The summed E-state index contributed by atoms with van der Waals surface area (Å²) in [5.74, 6) is 0.699.